The van der Waals surface area contributed by atoms with Crippen molar-refractivity contribution in [2.45, 2.75) is 39.3 Å². The lowest BCUT2D eigenvalue weighted by atomic mass is 9.90. The van der Waals surface area contributed by atoms with Crippen molar-refractivity contribution in [3.8, 4) is 11.3 Å². The number of hydrogen-bond donors (Lipinski definition) is 1. The van der Waals surface area contributed by atoms with Gasteiger partial charge in [-0.05, 0) is 67.8 Å². The molecule has 0 saturated carbocycles. The molecule has 0 bridgehead atoms. The Bertz CT molecular complexity index is 1640. The number of aryl methyl sites for hydroxylation is 2. The summed E-state index contributed by atoms with van der Waals surface area (Å²) >= 11 is 0. The predicted octanol–water partition coefficient (Wildman–Crippen LogP) is 7.42. The second-order valence-electron chi connectivity index (χ2n) is 10.8. The fraction of sp³-hybridized carbons (Fsp3) is 0.200. The van der Waals surface area contributed by atoms with Gasteiger partial charge in [-0.3, -0.25) is 4.79 Å². The maximum absolute atomic E-state index is 14.1. The van der Waals surface area contributed by atoms with E-state index in [4.69, 9.17) is 4.98 Å². The van der Waals surface area contributed by atoms with Crippen molar-refractivity contribution in [3.05, 3.63) is 137 Å². The van der Waals surface area contributed by atoms with Crippen LogP contribution in [0.25, 0.3) is 11.3 Å². The largest absolute Gasteiger partial charge is 0.340 e. The number of imidazole rings is 1. The minimum absolute atomic E-state index is 0.0994. The molecule has 6 heteroatoms. The van der Waals surface area contributed by atoms with E-state index in [-0.39, 0.29) is 17.6 Å². The zero-order valence-corrected chi connectivity index (χ0v) is 23.3. The average molecular weight is 545 g/mol. The molecule has 0 fully saturated rings. The van der Waals surface area contributed by atoms with Crippen LogP contribution in [-0.2, 0) is 24.3 Å². The third-order valence-corrected chi connectivity index (χ3v) is 7.78. The highest BCUT2D eigenvalue weighted by Gasteiger charge is 2.31. The minimum atomic E-state index is -0.290. The predicted molar refractivity (Wildman–Crippen MR) is 162 cm³/mol. The van der Waals surface area contributed by atoms with Gasteiger partial charge in [0.15, 0.2) is 0 Å². The molecule has 1 unspecified atom stereocenters. The number of fused-ring (bicyclic) bond motifs is 1. The van der Waals surface area contributed by atoms with Crippen LogP contribution in [0.4, 0.5) is 15.9 Å². The Hall–Kier alpha value is -4.71. The fourth-order valence-electron chi connectivity index (χ4n) is 5.44. The Labute approximate surface area is 240 Å². The summed E-state index contributed by atoms with van der Waals surface area (Å²) in [4.78, 5) is 21.1. The monoisotopic (exact) mass is 544 g/mol. The third kappa shape index (κ3) is 5.78. The van der Waals surface area contributed by atoms with Crippen LogP contribution in [0.1, 0.15) is 34.0 Å². The van der Waals surface area contributed by atoms with Gasteiger partial charge in [0.25, 0.3) is 0 Å². The van der Waals surface area contributed by atoms with Crippen LogP contribution in [0.15, 0.2) is 103 Å². The van der Waals surface area contributed by atoms with E-state index in [0.29, 0.717) is 26.1 Å². The van der Waals surface area contributed by atoms with E-state index >= 15 is 0 Å². The molecule has 5 aromatic rings. The van der Waals surface area contributed by atoms with Crippen molar-refractivity contribution in [1.82, 2.24) is 14.5 Å². The van der Waals surface area contributed by atoms with Crippen LogP contribution in [-0.4, -0.2) is 26.9 Å². The van der Waals surface area contributed by atoms with E-state index in [9.17, 15) is 9.18 Å². The number of anilines is 2. The Kier molecular flexibility index (Phi) is 7.38. The normalized spacial score (nSPS) is 13.5. The molecule has 5 nitrogen and oxygen atoms in total. The van der Waals surface area contributed by atoms with Gasteiger partial charge in [0.1, 0.15) is 23.2 Å². The Morgan fingerprint density at radius 2 is 1.51 bits per heavy atom. The van der Waals surface area contributed by atoms with Crippen LogP contribution < -0.4 is 5.32 Å². The summed E-state index contributed by atoms with van der Waals surface area (Å²) in [5, 5.41) is 3.55. The number of carbonyl (C=O) groups excluding carboxylic acids is 1. The van der Waals surface area contributed by atoms with Crippen LogP contribution in [0, 0.1) is 19.7 Å². The summed E-state index contributed by atoms with van der Waals surface area (Å²) in [7, 11) is 0. The van der Waals surface area contributed by atoms with Gasteiger partial charge in [0.2, 0.25) is 5.91 Å². The maximum atomic E-state index is 14.1. The first-order chi connectivity index (χ1) is 19.9. The van der Waals surface area contributed by atoms with Crippen molar-refractivity contribution in [2.24, 2.45) is 0 Å². The number of amides is 1. The van der Waals surface area contributed by atoms with Crippen molar-refractivity contribution in [2.75, 3.05) is 11.9 Å². The number of nitrogens with zero attached hydrogens (tertiary/aromatic N) is 3. The summed E-state index contributed by atoms with van der Waals surface area (Å²) in [5.74, 6) is 1.18. The van der Waals surface area contributed by atoms with Crippen LogP contribution in [0.5, 0.6) is 0 Å². The molecule has 206 valence electrons. The van der Waals surface area contributed by atoms with Crippen molar-refractivity contribution < 1.29 is 9.18 Å². The molecule has 2 heterocycles. The lowest BCUT2D eigenvalue weighted by Gasteiger charge is -2.32. The third-order valence-electron chi connectivity index (χ3n) is 7.78. The van der Waals surface area contributed by atoms with Gasteiger partial charge in [-0.1, -0.05) is 77.9 Å². The molecule has 41 heavy (non-hydrogen) atoms. The maximum Gasteiger partial charge on any atom is 0.230 e. The molecular formula is C35H33FN4O. The average Bonchev–Trinajstić information content (AvgIpc) is 3.35. The number of benzene rings is 4. The molecule has 1 aromatic heterocycles. The molecule has 6 rings (SSSR count). The summed E-state index contributed by atoms with van der Waals surface area (Å²) in [6.07, 6.45) is 0.634. The number of aromatic nitrogens is 2. The molecule has 1 N–H and O–H groups in total. The molecular weight excluding hydrogens is 511 g/mol. The van der Waals surface area contributed by atoms with E-state index in [0.717, 1.165) is 39.7 Å². The van der Waals surface area contributed by atoms with Crippen molar-refractivity contribution in [1.29, 1.82) is 0 Å². The smallest absolute Gasteiger partial charge is 0.230 e. The second kappa shape index (κ2) is 11.4. The van der Waals surface area contributed by atoms with Crippen LogP contribution in [0.2, 0.25) is 0 Å². The molecule has 0 spiro atoms. The summed E-state index contributed by atoms with van der Waals surface area (Å²) in [5.41, 5.74) is 7.04. The van der Waals surface area contributed by atoms with Gasteiger partial charge >= 0.3 is 0 Å². The Morgan fingerprint density at radius 3 is 2.20 bits per heavy atom. The number of nitrogens with one attached hydrogen (secondary N) is 1. The summed E-state index contributed by atoms with van der Waals surface area (Å²) < 4.78 is 15.9. The lowest BCUT2D eigenvalue weighted by Crippen LogP contribution is -2.41. The molecule has 1 atom stereocenters. The van der Waals surface area contributed by atoms with Crippen LogP contribution >= 0.6 is 0 Å². The highest BCUT2D eigenvalue weighted by atomic mass is 19.1. The van der Waals surface area contributed by atoms with Gasteiger partial charge < -0.3 is 14.8 Å². The Balaban J connectivity index is 1.32. The van der Waals surface area contributed by atoms with E-state index in [1.54, 1.807) is 12.1 Å². The second-order valence-corrected chi connectivity index (χ2v) is 10.8. The van der Waals surface area contributed by atoms with Gasteiger partial charge in [0.05, 0.1) is 12.5 Å². The lowest BCUT2D eigenvalue weighted by molar-refractivity contribution is -0.134. The standard InChI is InChI=1S/C35H33FN4O/c1-24-8-12-26(13-9-24)22-31(27-6-4-3-5-7-27)35(41)39-20-21-40-32(23-39)38-33(28-14-16-29(36)17-15-28)34(40)37-30-18-10-25(2)11-19-30/h3-19,31,37H,20-23H2,1-2H3. The molecule has 1 amide bonds. The van der Waals surface area contributed by atoms with Gasteiger partial charge in [-0.2, -0.15) is 0 Å². The Morgan fingerprint density at radius 1 is 0.854 bits per heavy atom. The molecule has 1 aliphatic rings. The molecule has 0 aliphatic carbocycles. The van der Waals surface area contributed by atoms with Gasteiger partial charge in [0, 0.05) is 24.3 Å². The molecule has 0 saturated heterocycles. The molecule has 4 aromatic carbocycles. The van der Waals surface area contributed by atoms with Gasteiger partial charge in [-0.25, -0.2) is 9.37 Å². The van der Waals surface area contributed by atoms with E-state index in [2.05, 4.69) is 60.1 Å². The number of rotatable bonds is 7. The fourth-order valence-corrected chi connectivity index (χ4v) is 5.44. The quantitative estimate of drug-likeness (QED) is 0.232. The van der Waals surface area contributed by atoms with E-state index in [1.165, 1.54) is 23.3 Å². The van der Waals surface area contributed by atoms with Gasteiger partial charge in [-0.15, -0.1) is 0 Å². The summed E-state index contributed by atoms with van der Waals surface area (Å²) in [6, 6.07) is 33.1. The number of hydrogen-bond acceptors (Lipinski definition) is 3. The zero-order chi connectivity index (χ0) is 28.3. The minimum Gasteiger partial charge on any atom is -0.340 e. The number of carbonyl (C=O) groups is 1. The topological polar surface area (TPSA) is 50.2 Å². The van der Waals surface area contributed by atoms with Crippen LogP contribution in [0.3, 0.4) is 0 Å². The zero-order valence-electron chi connectivity index (χ0n) is 23.3. The van der Waals surface area contributed by atoms with E-state index in [1.807, 2.05) is 47.4 Å². The first-order valence-electron chi connectivity index (χ1n) is 14.0. The number of halogens is 1. The van der Waals surface area contributed by atoms with E-state index < -0.39 is 0 Å². The summed E-state index contributed by atoms with van der Waals surface area (Å²) in [6.45, 7) is 5.71. The van der Waals surface area contributed by atoms with Crippen molar-refractivity contribution >= 4 is 17.4 Å². The van der Waals surface area contributed by atoms with Crippen molar-refractivity contribution in [3.63, 3.8) is 0 Å². The highest BCUT2D eigenvalue weighted by Crippen LogP contribution is 2.34. The SMILES string of the molecule is Cc1ccc(CC(C(=O)N2CCn3c(nc(-c4ccc(F)cc4)c3Nc3ccc(C)cc3)C2)c2ccccc2)cc1. The highest BCUT2D eigenvalue weighted by molar-refractivity contribution is 5.84. The first-order valence-corrected chi connectivity index (χ1v) is 14.0. The molecule has 0 radical (unpaired) electrons. The first kappa shape index (κ1) is 26.5. The molecule has 1 aliphatic heterocycles.